The highest BCUT2D eigenvalue weighted by Crippen LogP contribution is 2.75. The number of fused-ring (bicyclic) bond motifs is 7. The van der Waals surface area contributed by atoms with Crippen LogP contribution in [0.4, 0.5) is 0 Å². The van der Waals surface area contributed by atoms with E-state index in [4.69, 9.17) is 16.3 Å². The molecule has 7 rings (SSSR count). The summed E-state index contributed by atoms with van der Waals surface area (Å²) in [4.78, 5) is 35.7. The number of hydrogen-bond acceptors (Lipinski definition) is 6. The van der Waals surface area contributed by atoms with Gasteiger partial charge in [-0.05, 0) is 121 Å². The number of allylic oxidation sites excluding steroid dienone is 2. The fraction of sp³-hybridized carbons (Fsp3) is 0.786. The maximum atomic E-state index is 14.5. The topological polar surface area (TPSA) is 83.0 Å². The first kappa shape index (κ1) is 36.4. The molecule has 1 aliphatic heterocycles. The number of amides is 1. The number of halogens is 1. The predicted molar refractivity (Wildman–Crippen MR) is 198 cm³/mol. The van der Waals surface area contributed by atoms with Crippen LogP contribution in [-0.2, 0) is 9.53 Å². The molecule has 0 bridgehead atoms. The average molecular weight is 708 g/mol. The molecule has 8 heteroatoms. The van der Waals surface area contributed by atoms with E-state index in [1.165, 1.54) is 12.8 Å². The van der Waals surface area contributed by atoms with Crippen molar-refractivity contribution < 1.29 is 19.4 Å². The number of pyridine rings is 1. The van der Waals surface area contributed by atoms with E-state index < -0.39 is 5.41 Å². The maximum Gasteiger partial charge on any atom is 0.312 e. The number of nitrogens with zero attached hydrogens (tertiary/aromatic N) is 3. The lowest BCUT2D eigenvalue weighted by Crippen LogP contribution is -2.65. The fourth-order valence-corrected chi connectivity index (χ4v) is 13.3. The fourth-order valence-electron chi connectivity index (χ4n) is 13.1. The number of piperazine rings is 1. The molecule has 7 nitrogen and oxygen atoms in total. The second-order valence-electron chi connectivity index (χ2n) is 18.8. The third-order valence-corrected chi connectivity index (χ3v) is 16.9. The molecule has 1 aromatic rings. The van der Waals surface area contributed by atoms with Crippen LogP contribution in [0.25, 0.3) is 0 Å². The highest BCUT2D eigenvalue weighted by Gasteiger charge is 2.69. The van der Waals surface area contributed by atoms with Gasteiger partial charge in [0.05, 0.1) is 11.5 Å². The summed E-state index contributed by atoms with van der Waals surface area (Å²) < 4.78 is 6.32. The minimum atomic E-state index is -0.449. The van der Waals surface area contributed by atoms with Gasteiger partial charge in [0.1, 0.15) is 11.8 Å². The molecular formula is C42H62ClN3O4. The lowest BCUT2D eigenvalue weighted by atomic mass is 9.33. The Bertz CT molecular complexity index is 1520. The van der Waals surface area contributed by atoms with Crippen LogP contribution in [0.15, 0.2) is 30.0 Å². The number of esters is 1. The van der Waals surface area contributed by atoms with Gasteiger partial charge in [-0.15, -0.1) is 0 Å². The normalized spacial score (nSPS) is 42.7. The number of rotatable bonds is 5. The first-order valence-corrected chi connectivity index (χ1v) is 20.2. The second kappa shape index (κ2) is 12.9. The lowest BCUT2D eigenvalue weighted by molar-refractivity contribution is -0.207. The van der Waals surface area contributed by atoms with Gasteiger partial charge in [-0.3, -0.25) is 14.5 Å². The molecule has 5 fully saturated rings. The SMILES string of the molecule is C[C@H]1[C@H](C)CC[C@]2(C(=O)OCCN3CCN(C(=O)c4ccnc(Cl)c4)CC3)CC[C@]3(C)C(=CC[C@@H]4[C@@]5(C)CC[C@H](O)C(C)(C)[C@@H]5CC[C@]43C)[C@H]12. The predicted octanol–water partition coefficient (Wildman–Crippen LogP) is 8.05. The Morgan fingerprint density at radius 2 is 1.70 bits per heavy atom. The van der Waals surface area contributed by atoms with E-state index in [-0.39, 0.29) is 45.6 Å². The summed E-state index contributed by atoms with van der Waals surface area (Å²) in [5, 5.41) is 11.4. The molecule has 0 spiro atoms. The number of carbonyl (C=O) groups is 2. The average Bonchev–Trinajstić information content (AvgIpc) is 3.08. The Kier molecular flexibility index (Phi) is 9.37. The maximum absolute atomic E-state index is 14.5. The van der Waals surface area contributed by atoms with Crippen molar-refractivity contribution in [1.82, 2.24) is 14.8 Å². The van der Waals surface area contributed by atoms with Crippen LogP contribution in [0, 0.1) is 56.7 Å². The summed E-state index contributed by atoms with van der Waals surface area (Å²) in [5.41, 5.74) is 2.08. The zero-order valence-electron chi connectivity index (χ0n) is 31.8. The number of aliphatic hydroxyl groups excluding tert-OH is 1. The Labute approximate surface area is 305 Å². The van der Waals surface area contributed by atoms with E-state index in [2.05, 4.69) is 64.4 Å². The van der Waals surface area contributed by atoms with Gasteiger partial charge in [-0.2, -0.15) is 0 Å². The highest BCUT2D eigenvalue weighted by atomic mass is 35.5. The molecule has 6 aliphatic rings. The van der Waals surface area contributed by atoms with Gasteiger partial charge >= 0.3 is 5.97 Å². The molecule has 50 heavy (non-hydrogen) atoms. The van der Waals surface area contributed by atoms with E-state index >= 15 is 0 Å². The molecule has 0 aromatic carbocycles. The number of aliphatic hydroxyl groups is 1. The van der Waals surface area contributed by atoms with Crippen LogP contribution in [0.3, 0.4) is 0 Å². The van der Waals surface area contributed by atoms with Gasteiger partial charge in [0.15, 0.2) is 0 Å². The zero-order chi connectivity index (χ0) is 35.9. The van der Waals surface area contributed by atoms with Crippen molar-refractivity contribution >= 4 is 23.5 Å². The van der Waals surface area contributed by atoms with Crippen molar-refractivity contribution in [3.8, 4) is 0 Å². The molecule has 1 aromatic heterocycles. The Balaban J connectivity index is 1.06. The Hall–Kier alpha value is -1.96. The molecular weight excluding hydrogens is 646 g/mol. The van der Waals surface area contributed by atoms with Gasteiger partial charge in [-0.1, -0.05) is 71.7 Å². The third kappa shape index (κ3) is 5.44. The summed E-state index contributed by atoms with van der Waals surface area (Å²) in [5.74, 6) is 2.36. The van der Waals surface area contributed by atoms with Crippen molar-refractivity contribution in [3.05, 3.63) is 40.7 Å². The highest BCUT2D eigenvalue weighted by molar-refractivity contribution is 6.29. The van der Waals surface area contributed by atoms with Gasteiger partial charge in [0.2, 0.25) is 0 Å². The standard InChI is InChI=1S/C42H62ClN3O4/c1-27-10-16-42(37(49)50-25-24-45-20-22-46(23-21-45)36(48)29-13-19-44-34(43)26-29)18-17-40(6)30(35(42)28(27)2)8-9-32-39(5)14-12-33(47)38(3,4)31(39)11-15-41(32,40)7/h8,13,19,26-28,31-33,35,47H,9-12,14-18,20-25H2,1-7H3/t27-,28+,31+,32-,33+,35+,39+,40-,41-,42+/m1/s1. The quantitative estimate of drug-likeness (QED) is 0.190. The van der Waals surface area contributed by atoms with Crippen LogP contribution in [-0.4, -0.2) is 77.2 Å². The van der Waals surface area contributed by atoms with Crippen molar-refractivity contribution in [2.75, 3.05) is 39.3 Å². The van der Waals surface area contributed by atoms with Crippen LogP contribution in [0.2, 0.25) is 5.15 Å². The minimum Gasteiger partial charge on any atom is -0.464 e. The summed E-state index contributed by atoms with van der Waals surface area (Å²) >= 11 is 6.02. The van der Waals surface area contributed by atoms with Crippen LogP contribution in [0.1, 0.15) is 117 Å². The lowest BCUT2D eigenvalue weighted by Gasteiger charge is -2.71. The number of hydrogen-bond donors (Lipinski definition) is 1. The summed E-state index contributed by atoms with van der Waals surface area (Å²) in [6, 6.07) is 3.34. The number of carbonyl (C=O) groups excluding carboxylic acids is 2. The van der Waals surface area contributed by atoms with Crippen LogP contribution in [0.5, 0.6) is 0 Å². The molecule has 1 amide bonds. The van der Waals surface area contributed by atoms with Crippen molar-refractivity contribution in [2.24, 2.45) is 56.7 Å². The van der Waals surface area contributed by atoms with E-state index in [1.807, 2.05) is 4.90 Å². The molecule has 0 radical (unpaired) electrons. The summed E-state index contributed by atoms with van der Waals surface area (Å²) in [6.07, 6.45) is 13.4. The molecule has 0 unspecified atom stereocenters. The van der Waals surface area contributed by atoms with E-state index in [1.54, 1.807) is 23.9 Å². The largest absolute Gasteiger partial charge is 0.464 e. The molecule has 1 saturated heterocycles. The van der Waals surface area contributed by atoms with Crippen molar-refractivity contribution in [2.45, 2.75) is 112 Å². The minimum absolute atomic E-state index is 0.0174. The monoisotopic (exact) mass is 707 g/mol. The molecule has 1 N–H and O–H groups in total. The Morgan fingerprint density at radius 1 is 0.960 bits per heavy atom. The molecule has 5 aliphatic carbocycles. The van der Waals surface area contributed by atoms with Crippen LogP contribution < -0.4 is 0 Å². The zero-order valence-corrected chi connectivity index (χ0v) is 32.5. The van der Waals surface area contributed by atoms with Crippen LogP contribution >= 0.6 is 11.6 Å². The van der Waals surface area contributed by atoms with Gasteiger partial charge < -0.3 is 14.7 Å². The molecule has 2 heterocycles. The first-order chi connectivity index (χ1) is 23.6. The van der Waals surface area contributed by atoms with Gasteiger partial charge in [-0.25, -0.2) is 4.98 Å². The third-order valence-electron chi connectivity index (χ3n) is 16.6. The van der Waals surface area contributed by atoms with Crippen molar-refractivity contribution in [1.29, 1.82) is 0 Å². The molecule has 4 saturated carbocycles. The van der Waals surface area contributed by atoms with Gasteiger partial charge in [0, 0.05) is 44.5 Å². The second-order valence-corrected chi connectivity index (χ2v) is 19.2. The van der Waals surface area contributed by atoms with E-state index in [0.29, 0.717) is 60.6 Å². The Morgan fingerprint density at radius 3 is 2.42 bits per heavy atom. The number of aromatic nitrogens is 1. The van der Waals surface area contributed by atoms with Gasteiger partial charge in [0.25, 0.3) is 5.91 Å². The number of ether oxygens (including phenoxy) is 1. The summed E-state index contributed by atoms with van der Waals surface area (Å²) in [6.45, 7) is 21.1. The first-order valence-electron chi connectivity index (χ1n) is 19.8. The smallest absolute Gasteiger partial charge is 0.312 e. The molecule has 276 valence electrons. The van der Waals surface area contributed by atoms with Crippen molar-refractivity contribution in [3.63, 3.8) is 0 Å². The molecule has 10 atom stereocenters. The summed E-state index contributed by atoms with van der Waals surface area (Å²) in [7, 11) is 0. The van der Waals surface area contributed by atoms with E-state index in [9.17, 15) is 14.7 Å². The van der Waals surface area contributed by atoms with E-state index in [0.717, 1.165) is 58.0 Å².